The van der Waals surface area contributed by atoms with Gasteiger partial charge < -0.3 is 9.73 Å². The average molecular weight is 244 g/mol. The van der Waals surface area contributed by atoms with Crippen LogP contribution in [0.2, 0.25) is 0 Å². The van der Waals surface area contributed by atoms with Crippen LogP contribution in [-0.2, 0) is 17.6 Å². The summed E-state index contributed by atoms with van der Waals surface area (Å²) < 4.78 is 5.17. The molecule has 0 fully saturated rings. The van der Waals surface area contributed by atoms with Crippen LogP contribution in [0.15, 0.2) is 47.3 Å². The lowest BCUT2D eigenvalue weighted by atomic mass is 10.2. The third kappa shape index (κ3) is 4.05. The van der Waals surface area contributed by atoms with E-state index in [9.17, 15) is 4.79 Å². The molecular weight excluding hydrogens is 228 g/mol. The summed E-state index contributed by atoms with van der Waals surface area (Å²) in [4.78, 5) is 15.6. The summed E-state index contributed by atoms with van der Waals surface area (Å²) in [6, 6.07) is 7.61. The molecule has 2 rings (SSSR count). The van der Waals surface area contributed by atoms with Crippen LogP contribution in [-0.4, -0.2) is 17.4 Å². The second-order valence-corrected chi connectivity index (χ2v) is 4.04. The van der Waals surface area contributed by atoms with Crippen LogP contribution in [0.1, 0.15) is 17.7 Å². The Bertz CT molecular complexity index is 466. The molecule has 0 aliphatic rings. The summed E-state index contributed by atoms with van der Waals surface area (Å²) in [5, 5.41) is 2.89. The zero-order chi connectivity index (χ0) is 12.6. The van der Waals surface area contributed by atoms with Crippen molar-refractivity contribution in [3.05, 3.63) is 54.2 Å². The predicted octanol–water partition coefficient (Wildman–Crippen LogP) is 1.97. The lowest BCUT2D eigenvalue weighted by Gasteiger charge is -2.04. The first-order chi connectivity index (χ1) is 8.84. The first kappa shape index (κ1) is 12.4. The molecular formula is C14H16N2O2. The van der Waals surface area contributed by atoms with E-state index in [4.69, 9.17) is 4.42 Å². The first-order valence-electron chi connectivity index (χ1n) is 6.02. The number of carbonyl (C=O) groups excluding carboxylic acids is 1. The van der Waals surface area contributed by atoms with E-state index in [2.05, 4.69) is 10.3 Å². The number of nitrogens with one attached hydrogen (secondary N) is 1. The van der Waals surface area contributed by atoms with E-state index in [-0.39, 0.29) is 5.91 Å². The lowest BCUT2D eigenvalue weighted by Crippen LogP contribution is -2.25. The molecule has 2 aromatic rings. The molecule has 94 valence electrons. The van der Waals surface area contributed by atoms with Gasteiger partial charge in [-0.25, -0.2) is 0 Å². The van der Waals surface area contributed by atoms with Crippen molar-refractivity contribution >= 4 is 5.91 Å². The Morgan fingerprint density at radius 1 is 1.28 bits per heavy atom. The molecule has 0 spiro atoms. The highest BCUT2D eigenvalue weighted by Gasteiger charge is 2.03. The molecule has 0 saturated carbocycles. The maximum Gasteiger partial charge on any atom is 0.220 e. The van der Waals surface area contributed by atoms with Gasteiger partial charge in [0.05, 0.1) is 6.26 Å². The number of pyridine rings is 1. The Hall–Kier alpha value is -2.10. The van der Waals surface area contributed by atoms with Crippen LogP contribution in [0.5, 0.6) is 0 Å². The summed E-state index contributed by atoms with van der Waals surface area (Å²) in [7, 11) is 0. The van der Waals surface area contributed by atoms with E-state index >= 15 is 0 Å². The predicted molar refractivity (Wildman–Crippen MR) is 68.0 cm³/mol. The number of carbonyl (C=O) groups is 1. The van der Waals surface area contributed by atoms with Crippen LogP contribution in [0.4, 0.5) is 0 Å². The van der Waals surface area contributed by atoms with Gasteiger partial charge in [-0.05, 0) is 30.2 Å². The fourth-order valence-corrected chi connectivity index (χ4v) is 1.67. The lowest BCUT2D eigenvalue weighted by molar-refractivity contribution is -0.121. The molecule has 1 amide bonds. The number of furan rings is 1. The normalized spacial score (nSPS) is 10.2. The minimum Gasteiger partial charge on any atom is -0.469 e. The molecule has 4 nitrogen and oxygen atoms in total. The molecule has 0 bridgehead atoms. The van der Waals surface area contributed by atoms with Crippen LogP contribution in [0.3, 0.4) is 0 Å². The van der Waals surface area contributed by atoms with Crippen LogP contribution >= 0.6 is 0 Å². The maximum atomic E-state index is 11.6. The fourth-order valence-electron chi connectivity index (χ4n) is 1.67. The molecule has 4 heteroatoms. The van der Waals surface area contributed by atoms with Gasteiger partial charge in [0.25, 0.3) is 0 Å². The number of amides is 1. The van der Waals surface area contributed by atoms with Crippen molar-refractivity contribution in [1.29, 1.82) is 0 Å². The van der Waals surface area contributed by atoms with Crippen molar-refractivity contribution in [2.45, 2.75) is 19.3 Å². The topological polar surface area (TPSA) is 55.1 Å². The van der Waals surface area contributed by atoms with E-state index in [1.807, 2.05) is 30.5 Å². The van der Waals surface area contributed by atoms with Gasteiger partial charge in [-0.15, -0.1) is 0 Å². The molecule has 1 N–H and O–H groups in total. The van der Waals surface area contributed by atoms with E-state index in [1.165, 1.54) is 0 Å². The highest BCUT2D eigenvalue weighted by atomic mass is 16.3. The summed E-state index contributed by atoms with van der Waals surface area (Å²) in [6.45, 7) is 0.642. The number of hydrogen-bond acceptors (Lipinski definition) is 3. The van der Waals surface area contributed by atoms with E-state index in [0.29, 0.717) is 19.4 Å². The molecule has 2 heterocycles. The largest absolute Gasteiger partial charge is 0.469 e. The van der Waals surface area contributed by atoms with Crippen LogP contribution in [0, 0.1) is 0 Å². The zero-order valence-corrected chi connectivity index (χ0v) is 10.1. The number of aromatic nitrogens is 1. The highest BCUT2D eigenvalue weighted by Crippen LogP contribution is 2.03. The van der Waals surface area contributed by atoms with Crippen LogP contribution in [0.25, 0.3) is 0 Å². The number of rotatable bonds is 6. The Morgan fingerprint density at radius 2 is 2.22 bits per heavy atom. The van der Waals surface area contributed by atoms with Gasteiger partial charge >= 0.3 is 0 Å². The van der Waals surface area contributed by atoms with Gasteiger partial charge in [-0.3, -0.25) is 9.78 Å². The van der Waals surface area contributed by atoms with Crippen molar-refractivity contribution in [1.82, 2.24) is 10.3 Å². The summed E-state index contributed by atoms with van der Waals surface area (Å²) >= 11 is 0. The molecule has 0 unspecified atom stereocenters. The molecule has 18 heavy (non-hydrogen) atoms. The molecule has 0 atom stereocenters. The van der Waals surface area contributed by atoms with Crippen molar-refractivity contribution in [3.63, 3.8) is 0 Å². The average Bonchev–Trinajstić information content (AvgIpc) is 2.91. The molecule has 0 saturated heterocycles. The van der Waals surface area contributed by atoms with Crippen molar-refractivity contribution in [3.8, 4) is 0 Å². The SMILES string of the molecule is O=C(CCc1ccco1)NCCc1cccnc1. The molecule has 0 aliphatic heterocycles. The second-order valence-electron chi connectivity index (χ2n) is 4.04. The van der Waals surface area contributed by atoms with Gasteiger partial charge in [-0.1, -0.05) is 6.07 Å². The number of nitrogens with zero attached hydrogens (tertiary/aromatic N) is 1. The van der Waals surface area contributed by atoms with Crippen molar-refractivity contribution in [2.24, 2.45) is 0 Å². The minimum atomic E-state index is 0.0512. The van der Waals surface area contributed by atoms with E-state index < -0.39 is 0 Å². The van der Waals surface area contributed by atoms with E-state index in [0.717, 1.165) is 17.7 Å². The standard InChI is InChI=1S/C14H16N2O2/c17-14(6-5-13-4-2-10-18-13)16-9-7-12-3-1-8-15-11-12/h1-4,8,10-11H,5-7,9H2,(H,16,17). The third-order valence-electron chi connectivity index (χ3n) is 2.64. The molecule has 0 aliphatic carbocycles. The Kier molecular flexibility index (Phi) is 4.53. The van der Waals surface area contributed by atoms with Gasteiger partial charge in [0.15, 0.2) is 0 Å². The Labute approximate surface area is 106 Å². The quantitative estimate of drug-likeness (QED) is 0.845. The van der Waals surface area contributed by atoms with Crippen molar-refractivity contribution < 1.29 is 9.21 Å². The summed E-state index contributed by atoms with van der Waals surface area (Å²) in [5.41, 5.74) is 1.13. The monoisotopic (exact) mass is 244 g/mol. The maximum absolute atomic E-state index is 11.6. The molecule has 2 aromatic heterocycles. The summed E-state index contributed by atoms with van der Waals surface area (Å²) in [6.07, 6.45) is 7.09. The second kappa shape index (κ2) is 6.59. The zero-order valence-electron chi connectivity index (χ0n) is 10.1. The fraction of sp³-hybridized carbons (Fsp3) is 0.286. The molecule has 0 aromatic carbocycles. The highest BCUT2D eigenvalue weighted by molar-refractivity contribution is 5.76. The van der Waals surface area contributed by atoms with Gasteiger partial charge in [0.2, 0.25) is 5.91 Å². The van der Waals surface area contributed by atoms with Gasteiger partial charge in [0.1, 0.15) is 5.76 Å². The first-order valence-corrected chi connectivity index (χ1v) is 6.02. The number of hydrogen-bond donors (Lipinski definition) is 1. The summed E-state index contributed by atoms with van der Waals surface area (Å²) in [5.74, 6) is 0.896. The van der Waals surface area contributed by atoms with E-state index in [1.54, 1.807) is 12.5 Å². The van der Waals surface area contributed by atoms with Crippen LogP contribution < -0.4 is 5.32 Å². The third-order valence-corrected chi connectivity index (χ3v) is 2.64. The number of aryl methyl sites for hydroxylation is 1. The van der Waals surface area contributed by atoms with Gasteiger partial charge in [-0.2, -0.15) is 0 Å². The Balaban J connectivity index is 1.63. The molecule has 0 radical (unpaired) electrons. The van der Waals surface area contributed by atoms with Gasteiger partial charge in [0, 0.05) is 31.8 Å². The minimum absolute atomic E-state index is 0.0512. The van der Waals surface area contributed by atoms with Crippen molar-refractivity contribution in [2.75, 3.05) is 6.54 Å². The Morgan fingerprint density at radius 3 is 2.94 bits per heavy atom. The smallest absolute Gasteiger partial charge is 0.220 e.